The standard InChI is InChI=1S/C32H24ClN3O/c1-21-30(31(23-13-7-3-8-14-23)26-19-25(33)17-18-27(26)34-21)28-20-29(22-11-5-2-6-12-22)36(35-28)32(37)24-15-9-4-10-16-24/h2-19,29H,20H2,1H3. The van der Waals surface area contributed by atoms with Gasteiger partial charge in [-0.15, -0.1) is 0 Å². The molecule has 1 aromatic heterocycles. The van der Waals surface area contributed by atoms with Crippen molar-refractivity contribution in [3.8, 4) is 11.1 Å². The third-order valence-electron chi connectivity index (χ3n) is 6.80. The van der Waals surface area contributed by atoms with Gasteiger partial charge in [0.2, 0.25) is 0 Å². The molecule has 180 valence electrons. The molecule has 1 atom stereocenters. The summed E-state index contributed by atoms with van der Waals surface area (Å²) in [5.74, 6) is -0.125. The van der Waals surface area contributed by atoms with Gasteiger partial charge in [0, 0.05) is 39.2 Å². The molecule has 4 nitrogen and oxygen atoms in total. The highest BCUT2D eigenvalue weighted by Crippen LogP contribution is 2.40. The number of benzene rings is 4. The lowest BCUT2D eigenvalue weighted by molar-refractivity contribution is 0.0711. The van der Waals surface area contributed by atoms with Crippen LogP contribution in [-0.4, -0.2) is 21.6 Å². The number of hydrazone groups is 1. The van der Waals surface area contributed by atoms with Crippen molar-refractivity contribution in [2.45, 2.75) is 19.4 Å². The van der Waals surface area contributed by atoms with E-state index in [0.717, 1.165) is 44.6 Å². The van der Waals surface area contributed by atoms with Crippen molar-refractivity contribution in [3.05, 3.63) is 137 Å². The summed E-state index contributed by atoms with van der Waals surface area (Å²) in [5.41, 5.74) is 7.27. The zero-order chi connectivity index (χ0) is 25.4. The molecule has 0 bridgehead atoms. The van der Waals surface area contributed by atoms with Crippen molar-refractivity contribution in [1.82, 2.24) is 9.99 Å². The van der Waals surface area contributed by atoms with Crippen LogP contribution in [0.2, 0.25) is 5.02 Å². The van der Waals surface area contributed by atoms with Gasteiger partial charge in [-0.25, -0.2) is 5.01 Å². The number of carbonyl (C=O) groups excluding carboxylic acids is 1. The van der Waals surface area contributed by atoms with E-state index >= 15 is 0 Å². The molecule has 2 heterocycles. The molecule has 1 unspecified atom stereocenters. The van der Waals surface area contributed by atoms with E-state index in [4.69, 9.17) is 21.7 Å². The summed E-state index contributed by atoms with van der Waals surface area (Å²) in [6.45, 7) is 2.01. The minimum Gasteiger partial charge on any atom is -0.267 e. The SMILES string of the molecule is Cc1nc2ccc(Cl)cc2c(-c2ccccc2)c1C1=NN(C(=O)c2ccccc2)C(c2ccccc2)C1. The van der Waals surface area contributed by atoms with Crippen molar-refractivity contribution in [2.24, 2.45) is 5.10 Å². The molecule has 1 aliphatic rings. The van der Waals surface area contributed by atoms with Crippen LogP contribution in [0, 0.1) is 6.92 Å². The highest BCUT2D eigenvalue weighted by molar-refractivity contribution is 6.31. The number of carbonyl (C=O) groups is 1. The lowest BCUT2D eigenvalue weighted by atomic mass is 9.89. The van der Waals surface area contributed by atoms with E-state index in [1.807, 2.05) is 91.9 Å². The lowest BCUT2D eigenvalue weighted by Crippen LogP contribution is -2.27. The van der Waals surface area contributed by atoms with Gasteiger partial charge in [0.15, 0.2) is 0 Å². The Morgan fingerprint density at radius 1 is 0.838 bits per heavy atom. The number of nitrogens with zero attached hydrogens (tertiary/aromatic N) is 3. The molecule has 0 spiro atoms. The van der Waals surface area contributed by atoms with E-state index in [1.54, 1.807) is 5.01 Å². The van der Waals surface area contributed by atoms with Gasteiger partial charge in [-0.3, -0.25) is 9.78 Å². The molecule has 0 aliphatic carbocycles. The fourth-order valence-electron chi connectivity index (χ4n) is 5.11. The van der Waals surface area contributed by atoms with Gasteiger partial charge in [-0.2, -0.15) is 5.10 Å². The van der Waals surface area contributed by atoms with Crippen LogP contribution < -0.4 is 0 Å². The van der Waals surface area contributed by atoms with Gasteiger partial charge in [-0.05, 0) is 48.4 Å². The first-order valence-corrected chi connectivity index (χ1v) is 12.6. The Kier molecular flexibility index (Phi) is 6.03. The quantitative estimate of drug-likeness (QED) is 0.251. The number of pyridine rings is 1. The summed E-state index contributed by atoms with van der Waals surface area (Å²) in [5, 5.41) is 8.25. The number of rotatable bonds is 4. The first-order chi connectivity index (χ1) is 18.1. The number of aryl methyl sites for hydroxylation is 1. The van der Waals surface area contributed by atoms with Crippen LogP contribution in [0.25, 0.3) is 22.0 Å². The van der Waals surface area contributed by atoms with Crippen LogP contribution in [0.4, 0.5) is 0 Å². The second-order valence-electron chi connectivity index (χ2n) is 9.17. The Morgan fingerprint density at radius 3 is 2.19 bits per heavy atom. The number of hydrogen-bond acceptors (Lipinski definition) is 3. The second-order valence-corrected chi connectivity index (χ2v) is 9.60. The molecule has 1 amide bonds. The van der Waals surface area contributed by atoms with E-state index in [-0.39, 0.29) is 11.9 Å². The van der Waals surface area contributed by atoms with E-state index < -0.39 is 0 Å². The molecule has 4 aromatic carbocycles. The number of halogens is 1. The minimum absolute atomic E-state index is 0.125. The lowest BCUT2D eigenvalue weighted by Gasteiger charge is -2.22. The van der Waals surface area contributed by atoms with Crippen molar-refractivity contribution in [1.29, 1.82) is 0 Å². The topological polar surface area (TPSA) is 45.6 Å². The van der Waals surface area contributed by atoms with Crippen LogP contribution in [0.1, 0.15) is 39.6 Å². The first kappa shape index (κ1) is 23.1. The predicted molar refractivity (Wildman–Crippen MR) is 150 cm³/mol. The number of fused-ring (bicyclic) bond motifs is 1. The molecule has 6 rings (SSSR count). The molecule has 0 N–H and O–H groups in total. The molecule has 0 saturated carbocycles. The van der Waals surface area contributed by atoms with E-state index in [2.05, 4.69) is 24.3 Å². The molecular weight excluding hydrogens is 478 g/mol. The Morgan fingerprint density at radius 2 is 1.49 bits per heavy atom. The van der Waals surface area contributed by atoms with Gasteiger partial charge >= 0.3 is 0 Å². The normalized spacial score (nSPS) is 15.1. The van der Waals surface area contributed by atoms with Gasteiger partial charge < -0.3 is 0 Å². The van der Waals surface area contributed by atoms with E-state index in [1.165, 1.54) is 0 Å². The van der Waals surface area contributed by atoms with Crippen molar-refractivity contribution in [3.63, 3.8) is 0 Å². The Bertz CT molecular complexity index is 1630. The van der Waals surface area contributed by atoms with Crippen LogP contribution in [0.15, 0.2) is 114 Å². The number of amides is 1. The Hall–Kier alpha value is -4.28. The summed E-state index contributed by atoms with van der Waals surface area (Å²) in [7, 11) is 0. The monoisotopic (exact) mass is 501 g/mol. The largest absolute Gasteiger partial charge is 0.274 e. The van der Waals surface area contributed by atoms with Gasteiger partial charge in [0.1, 0.15) is 0 Å². The summed E-state index contributed by atoms with van der Waals surface area (Å²) in [4.78, 5) is 18.6. The summed E-state index contributed by atoms with van der Waals surface area (Å²) < 4.78 is 0. The van der Waals surface area contributed by atoms with E-state index in [9.17, 15) is 4.79 Å². The molecule has 0 fully saturated rings. The Balaban J connectivity index is 1.57. The maximum Gasteiger partial charge on any atom is 0.274 e. The highest BCUT2D eigenvalue weighted by Gasteiger charge is 2.35. The highest BCUT2D eigenvalue weighted by atomic mass is 35.5. The molecule has 5 heteroatoms. The molecular formula is C32H24ClN3O. The number of hydrogen-bond donors (Lipinski definition) is 0. The maximum absolute atomic E-state index is 13.7. The fourth-order valence-corrected chi connectivity index (χ4v) is 5.28. The summed E-state index contributed by atoms with van der Waals surface area (Å²) in [6, 6.07) is 35.2. The van der Waals surface area contributed by atoms with Crippen molar-refractivity contribution >= 4 is 34.1 Å². The minimum atomic E-state index is -0.220. The molecule has 0 radical (unpaired) electrons. The van der Waals surface area contributed by atoms with Gasteiger partial charge in [0.25, 0.3) is 5.91 Å². The zero-order valence-electron chi connectivity index (χ0n) is 20.3. The maximum atomic E-state index is 13.7. The zero-order valence-corrected chi connectivity index (χ0v) is 21.1. The van der Waals surface area contributed by atoms with Crippen molar-refractivity contribution in [2.75, 3.05) is 0 Å². The second kappa shape index (κ2) is 9.64. The van der Waals surface area contributed by atoms with E-state index in [0.29, 0.717) is 17.0 Å². The van der Waals surface area contributed by atoms with Crippen LogP contribution in [-0.2, 0) is 0 Å². The first-order valence-electron chi connectivity index (χ1n) is 12.3. The number of aromatic nitrogens is 1. The summed E-state index contributed by atoms with van der Waals surface area (Å²) in [6.07, 6.45) is 0.580. The van der Waals surface area contributed by atoms with Crippen LogP contribution in [0.5, 0.6) is 0 Å². The molecule has 0 saturated heterocycles. The third-order valence-corrected chi connectivity index (χ3v) is 7.04. The molecule has 1 aliphatic heterocycles. The summed E-state index contributed by atoms with van der Waals surface area (Å²) >= 11 is 6.45. The molecule has 37 heavy (non-hydrogen) atoms. The van der Waals surface area contributed by atoms with Crippen LogP contribution >= 0.6 is 11.6 Å². The van der Waals surface area contributed by atoms with Gasteiger partial charge in [-0.1, -0.05) is 90.5 Å². The average Bonchev–Trinajstić information content (AvgIpc) is 3.38. The van der Waals surface area contributed by atoms with Gasteiger partial charge in [0.05, 0.1) is 17.3 Å². The Labute approximate surface area is 220 Å². The van der Waals surface area contributed by atoms with Crippen LogP contribution in [0.3, 0.4) is 0 Å². The third kappa shape index (κ3) is 4.30. The predicted octanol–water partition coefficient (Wildman–Crippen LogP) is 7.86. The smallest absolute Gasteiger partial charge is 0.267 e. The molecule has 5 aromatic rings. The van der Waals surface area contributed by atoms with Crippen molar-refractivity contribution < 1.29 is 4.79 Å². The fraction of sp³-hybridized carbons (Fsp3) is 0.0938. The average molecular weight is 502 g/mol.